The van der Waals surface area contributed by atoms with Crippen LogP contribution in [0.5, 0.6) is 0 Å². The third-order valence-electron chi connectivity index (χ3n) is 2.71. The Labute approximate surface area is 81.3 Å². The van der Waals surface area contributed by atoms with Gasteiger partial charge in [-0.1, -0.05) is 25.7 Å². The number of ether oxygens (including phenoxy) is 1. The molecule has 2 nitrogen and oxygen atoms in total. The van der Waals surface area contributed by atoms with Crippen molar-refractivity contribution in [3.05, 3.63) is 0 Å². The maximum absolute atomic E-state index is 8.62. The van der Waals surface area contributed by atoms with Crippen molar-refractivity contribution < 1.29 is 9.84 Å². The number of aliphatic hydroxyl groups is 1. The molecule has 1 unspecified atom stereocenters. The van der Waals surface area contributed by atoms with Crippen LogP contribution in [0.1, 0.15) is 51.4 Å². The molecule has 78 valence electrons. The minimum atomic E-state index is 0.339. The lowest BCUT2D eigenvalue weighted by molar-refractivity contribution is 0.0508. The van der Waals surface area contributed by atoms with E-state index in [1.807, 2.05) is 0 Å². The first-order chi connectivity index (χ1) is 6.43. The van der Waals surface area contributed by atoms with E-state index in [9.17, 15) is 0 Å². The number of rotatable bonds is 5. The lowest BCUT2D eigenvalue weighted by Gasteiger charge is -2.14. The number of aliphatic hydroxyl groups excluding tert-OH is 1. The molecule has 1 rings (SSSR count). The standard InChI is InChI=1S/C11H22O2/c12-9-5-1-3-7-11-8-4-2-6-10-13-11/h11-12H,1-10H2. The molecule has 0 radical (unpaired) electrons. The van der Waals surface area contributed by atoms with Gasteiger partial charge in [-0.3, -0.25) is 0 Å². The smallest absolute Gasteiger partial charge is 0.0575 e. The van der Waals surface area contributed by atoms with E-state index < -0.39 is 0 Å². The van der Waals surface area contributed by atoms with Crippen LogP contribution in [0.4, 0.5) is 0 Å². The average molecular weight is 186 g/mol. The van der Waals surface area contributed by atoms with Crippen LogP contribution in [0.2, 0.25) is 0 Å². The summed E-state index contributed by atoms with van der Waals surface area (Å²) in [5, 5.41) is 8.62. The number of hydrogen-bond acceptors (Lipinski definition) is 2. The summed E-state index contributed by atoms with van der Waals surface area (Å²) in [7, 11) is 0. The van der Waals surface area contributed by atoms with E-state index in [1.54, 1.807) is 0 Å². The van der Waals surface area contributed by atoms with Gasteiger partial charge in [0.15, 0.2) is 0 Å². The first kappa shape index (κ1) is 11.0. The molecule has 0 amide bonds. The zero-order valence-electron chi connectivity index (χ0n) is 8.50. The summed E-state index contributed by atoms with van der Waals surface area (Å²) in [6.45, 7) is 1.30. The van der Waals surface area contributed by atoms with Gasteiger partial charge in [-0.05, 0) is 25.7 Å². The Balaban J connectivity index is 1.98. The van der Waals surface area contributed by atoms with E-state index in [0.29, 0.717) is 12.7 Å². The van der Waals surface area contributed by atoms with Crippen molar-refractivity contribution in [1.82, 2.24) is 0 Å². The molecule has 0 aromatic carbocycles. The average Bonchev–Trinajstić information content (AvgIpc) is 2.41. The Hall–Kier alpha value is -0.0800. The minimum Gasteiger partial charge on any atom is -0.396 e. The predicted octanol–water partition coefficient (Wildman–Crippen LogP) is 2.50. The summed E-state index contributed by atoms with van der Waals surface area (Å²) >= 11 is 0. The summed E-state index contributed by atoms with van der Waals surface area (Å²) in [6.07, 6.45) is 10.2. The second kappa shape index (κ2) is 7.34. The van der Waals surface area contributed by atoms with Gasteiger partial charge in [0, 0.05) is 13.2 Å². The molecule has 1 atom stereocenters. The van der Waals surface area contributed by atoms with Gasteiger partial charge < -0.3 is 9.84 Å². The van der Waals surface area contributed by atoms with Gasteiger partial charge in [0.25, 0.3) is 0 Å². The van der Waals surface area contributed by atoms with E-state index in [4.69, 9.17) is 9.84 Å². The van der Waals surface area contributed by atoms with Gasteiger partial charge in [-0.15, -0.1) is 0 Å². The fourth-order valence-electron chi connectivity index (χ4n) is 1.87. The third-order valence-corrected chi connectivity index (χ3v) is 2.71. The highest BCUT2D eigenvalue weighted by atomic mass is 16.5. The highest BCUT2D eigenvalue weighted by molar-refractivity contribution is 4.62. The second-order valence-corrected chi connectivity index (χ2v) is 3.92. The quantitative estimate of drug-likeness (QED) is 0.668. The van der Waals surface area contributed by atoms with Crippen LogP contribution in [0.15, 0.2) is 0 Å². The maximum atomic E-state index is 8.62. The summed E-state index contributed by atoms with van der Waals surface area (Å²) in [5.74, 6) is 0. The van der Waals surface area contributed by atoms with Crippen molar-refractivity contribution in [3.8, 4) is 0 Å². The lowest BCUT2D eigenvalue weighted by Crippen LogP contribution is -2.11. The van der Waals surface area contributed by atoms with Gasteiger partial charge in [0.1, 0.15) is 0 Å². The Morgan fingerprint density at radius 2 is 2.00 bits per heavy atom. The van der Waals surface area contributed by atoms with Crippen LogP contribution in [0.25, 0.3) is 0 Å². The van der Waals surface area contributed by atoms with Crippen molar-refractivity contribution in [2.45, 2.75) is 57.5 Å². The van der Waals surface area contributed by atoms with Crippen molar-refractivity contribution >= 4 is 0 Å². The van der Waals surface area contributed by atoms with Gasteiger partial charge in [-0.25, -0.2) is 0 Å². The second-order valence-electron chi connectivity index (χ2n) is 3.92. The highest BCUT2D eigenvalue weighted by Crippen LogP contribution is 2.17. The van der Waals surface area contributed by atoms with Gasteiger partial charge in [-0.2, -0.15) is 0 Å². The van der Waals surface area contributed by atoms with Gasteiger partial charge in [0.2, 0.25) is 0 Å². The molecule has 0 aromatic heterocycles. The van der Waals surface area contributed by atoms with Gasteiger partial charge in [0.05, 0.1) is 6.10 Å². The first-order valence-electron chi connectivity index (χ1n) is 5.66. The molecule has 0 saturated carbocycles. The van der Waals surface area contributed by atoms with Crippen molar-refractivity contribution in [1.29, 1.82) is 0 Å². The largest absolute Gasteiger partial charge is 0.396 e. The fraction of sp³-hybridized carbons (Fsp3) is 1.00. The SMILES string of the molecule is OCCCCCC1CCCCCO1. The molecule has 13 heavy (non-hydrogen) atoms. The molecule has 1 heterocycles. The van der Waals surface area contributed by atoms with Crippen LogP contribution in [-0.4, -0.2) is 24.4 Å². The molecular formula is C11H22O2. The molecule has 0 bridgehead atoms. The fourth-order valence-corrected chi connectivity index (χ4v) is 1.87. The van der Waals surface area contributed by atoms with E-state index in [1.165, 1.54) is 38.5 Å². The molecular weight excluding hydrogens is 164 g/mol. The summed E-state index contributed by atoms with van der Waals surface area (Å²) < 4.78 is 5.72. The van der Waals surface area contributed by atoms with E-state index >= 15 is 0 Å². The zero-order valence-corrected chi connectivity index (χ0v) is 8.50. The van der Waals surface area contributed by atoms with E-state index in [2.05, 4.69) is 0 Å². The van der Waals surface area contributed by atoms with Crippen molar-refractivity contribution in [2.24, 2.45) is 0 Å². The number of unbranched alkanes of at least 4 members (excludes halogenated alkanes) is 2. The molecule has 1 fully saturated rings. The van der Waals surface area contributed by atoms with Crippen LogP contribution >= 0.6 is 0 Å². The van der Waals surface area contributed by atoms with Crippen LogP contribution < -0.4 is 0 Å². The zero-order chi connectivity index (χ0) is 9.36. The third kappa shape index (κ3) is 5.27. The summed E-state index contributed by atoms with van der Waals surface area (Å²) in [5.41, 5.74) is 0. The highest BCUT2D eigenvalue weighted by Gasteiger charge is 2.11. The van der Waals surface area contributed by atoms with E-state index in [-0.39, 0.29) is 0 Å². The van der Waals surface area contributed by atoms with E-state index in [0.717, 1.165) is 19.4 Å². The molecule has 1 saturated heterocycles. The van der Waals surface area contributed by atoms with Crippen LogP contribution in [0.3, 0.4) is 0 Å². The normalized spacial score (nSPS) is 24.2. The molecule has 1 aliphatic heterocycles. The molecule has 0 spiro atoms. The molecule has 0 aromatic rings. The number of hydrogen-bond donors (Lipinski definition) is 1. The molecule has 2 heteroatoms. The van der Waals surface area contributed by atoms with Gasteiger partial charge >= 0.3 is 0 Å². The molecule has 0 aliphatic carbocycles. The molecule has 1 aliphatic rings. The Morgan fingerprint density at radius 3 is 2.85 bits per heavy atom. The topological polar surface area (TPSA) is 29.5 Å². The van der Waals surface area contributed by atoms with Crippen LogP contribution in [-0.2, 0) is 4.74 Å². The summed E-state index contributed by atoms with van der Waals surface area (Å²) in [4.78, 5) is 0. The van der Waals surface area contributed by atoms with Crippen LogP contribution in [0, 0.1) is 0 Å². The molecule has 1 N–H and O–H groups in total. The monoisotopic (exact) mass is 186 g/mol. The first-order valence-corrected chi connectivity index (χ1v) is 5.66. The Kier molecular flexibility index (Phi) is 6.21. The Morgan fingerprint density at radius 1 is 1.08 bits per heavy atom. The minimum absolute atomic E-state index is 0.339. The maximum Gasteiger partial charge on any atom is 0.0575 e. The lowest BCUT2D eigenvalue weighted by atomic mass is 10.1. The summed E-state index contributed by atoms with van der Waals surface area (Å²) in [6, 6.07) is 0. The van der Waals surface area contributed by atoms with Crippen molar-refractivity contribution in [3.63, 3.8) is 0 Å². The van der Waals surface area contributed by atoms with Crippen molar-refractivity contribution in [2.75, 3.05) is 13.2 Å². The Bertz CT molecular complexity index is 107. The predicted molar refractivity (Wildman–Crippen MR) is 53.8 cm³/mol.